The van der Waals surface area contributed by atoms with Gasteiger partial charge >= 0.3 is 12.3 Å². The van der Waals surface area contributed by atoms with Gasteiger partial charge < -0.3 is 9.47 Å². The number of amides is 1. The quantitative estimate of drug-likeness (QED) is 0.689. The second kappa shape index (κ2) is 8.14. The standard InChI is InChI=1S/C23H22F3NO3/c1-15-20(8-5-9-21(15)23(24,25)26)17-10-18-13-29-14-19(11-17)27(18)22(28)30-12-16-6-3-2-4-7-16/h2-10,18-19H,11-14H2,1H3. The number of morpholine rings is 1. The van der Waals surface area contributed by atoms with Crippen molar-refractivity contribution in [2.24, 2.45) is 0 Å². The number of halogens is 3. The molecule has 0 aromatic heterocycles. The van der Waals surface area contributed by atoms with E-state index in [4.69, 9.17) is 9.47 Å². The monoisotopic (exact) mass is 417 g/mol. The summed E-state index contributed by atoms with van der Waals surface area (Å²) in [7, 11) is 0. The highest BCUT2D eigenvalue weighted by Gasteiger charge is 2.40. The van der Waals surface area contributed by atoms with Crippen LogP contribution in [-0.4, -0.2) is 36.3 Å². The van der Waals surface area contributed by atoms with Crippen molar-refractivity contribution in [3.8, 4) is 0 Å². The van der Waals surface area contributed by atoms with E-state index in [1.807, 2.05) is 36.4 Å². The van der Waals surface area contributed by atoms with Gasteiger partial charge in [0.15, 0.2) is 0 Å². The van der Waals surface area contributed by atoms with Gasteiger partial charge in [0.25, 0.3) is 0 Å². The van der Waals surface area contributed by atoms with Crippen LogP contribution < -0.4 is 0 Å². The van der Waals surface area contributed by atoms with E-state index in [9.17, 15) is 18.0 Å². The van der Waals surface area contributed by atoms with E-state index in [2.05, 4.69) is 0 Å². The predicted octanol–water partition coefficient (Wildman–Crippen LogP) is 5.21. The third-order valence-corrected chi connectivity index (χ3v) is 5.60. The highest BCUT2D eigenvalue weighted by Crippen LogP contribution is 2.38. The maximum atomic E-state index is 13.3. The van der Waals surface area contributed by atoms with E-state index in [0.717, 1.165) is 17.2 Å². The number of carbonyl (C=O) groups is 1. The highest BCUT2D eigenvalue weighted by atomic mass is 19.4. The van der Waals surface area contributed by atoms with Crippen LogP contribution in [0.4, 0.5) is 18.0 Å². The molecule has 2 heterocycles. The summed E-state index contributed by atoms with van der Waals surface area (Å²) in [5.74, 6) is 0. The minimum Gasteiger partial charge on any atom is -0.445 e. The second-order valence-corrected chi connectivity index (χ2v) is 7.58. The van der Waals surface area contributed by atoms with Gasteiger partial charge in [0, 0.05) is 0 Å². The molecule has 4 nitrogen and oxygen atoms in total. The molecule has 2 aliphatic heterocycles. The summed E-state index contributed by atoms with van der Waals surface area (Å²) in [6, 6.07) is 13.0. The molecule has 4 rings (SSSR count). The molecule has 2 aromatic rings. The van der Waals surface area contributed by atoms with Gasteiger partial charge in [-0.25, -0.2) is 4.79 Å². The summed E-state index contributed by atoms with van der Waals surface area (Å²) in [6.07, 6.45) is -2.59. The molecule has 1 fully saturated rings. The van der Waals surface area contributed by atoms with Crippen LogP contribution in [0.3, 0.4) is 0 Å². The molecule has 2 bridgehead atoms. The van der Waals surface area contributed by atoms with Crippen molar-refractivity contribution in [1.29, 1.82) is 0 Å². The van der Waals surface area contributed by atoms with Crippen molar-refractivity contribution in [2.45, 2.75) is 38.2 Å². The van der Waals surface area contributed by atoms with Crippen LogP contribution in [0.2, 0.25) is 0 Å². The Labute approximate surface area is 172 Å². The molecule has 1 amide bonds. The lowest BCUT2D eigenvalue weighted by atomic mass is 9.87. The average molecular weight is 417 g/mol. The molecule has 7 heteroatoms. The molecule has 0 spiro atoms. The predicted molar refractivity (Wildman–Crippen MR) is 106 cm³/mol. The summed E-state index contributed by atoms with van der Waals surface area (Å²) < 4.78 is 51.0. The number of carbonyl (C=O) groups excluding carboxylic acids is 1. The largest absolute Gasteiger partial charge is 0.445 e. The van der Waals surface area contributed by atoms with Crippen molar-refractivity contribution < 1.29 is 27.4 Å². The fourth-order valence-corrected chi connectivity index (χ4v) is 4.16. The number of ether oxygens (including phenoxy) is 2. The molecule has 30 heavy (non-hydrogen) atoms. The lowest BCUT2D eigenvalue weighted by molar-refractivity contribution is -0.138. The lowest BCUT2D eigenvalue weighted by Gasteiger charge is -2.44. The smallest absolute Gasteiger partial charge is 0.416 e. The third-order valence-electron chi connectivity index (χ3n) is 5.60. The van der Waals surface area contributed by atoms with Gasteiger partial charge in [-0.3, -0.25) is 4.90 Å². The summed E-state index contributed by atoms with van der Waals surface area (Å²) in [5.41, 5.74) is 1.84. The molecule has 158 valence electrons. The van der Waals surface area contributed by atoms with E-state index < -0.39 is 17.8 Å². The first kappa shape index (κ1) is 20.5. The van der Waals surface area contributed by atoms with Crippen molar-refractivity contribution in [3.05, 3.63) is 76.9 Å². The van der Waals surface area contributed by atoms with Gasteiger partial charge in [0.1, 0.15) is 6.61 Å². The van der Waals surface area contributed by atoms with E-state index in [1.165, 1.54) is 13.0 Å². The van der Waals surface area contributed by atoms with Crippen LogP contribution in [0.25, 0.3) is 5.57 Å². The molecule has 2 aliphatic rings. The van der Waals surface area contributed by atoms with E-state index in [-0.39, 0.29) is 24.3 Å². The Kier molecular flexibility index (Phi) is 5.56. The summed E-state index contributed by atoms with van der Waals surface area (Å²) in [4.78, 5) is 14.4. The first-order chi connectivity index (χ1) is 14.3. The zero-order valence-corrected chi connectivity index (χ0v) is 16.5. The summed E-state index contributed by atoms with van der Waals surface area (Å²) in [6.45, 7) is 2.27. The number of rotatable bonds is 3. The van der Waals surface area contributed by atoms with E-state index in [0.29, 0.717) is 25.2 Å². The molecular formula is C23H22F3NO3. The van der Waals surface area contributed by atoms with Gasteiger partial charge in [0.2, 0.25) is 0 Å². The van der Waals surface area contributed by atoms with Crippen molar-refractivity contribution in [3.63, 3.8) is 0 Å². The van der Waals surface area contributed by atoms with Gasteiger partial charge in [-0.05, 0) is 41.7 Å². The maximum absolute atomic E-state index is 13.3. The van der Waals surface area contributed by atoms with Crippen molar-refractivity contribution >= 4 is 11.7 Å². The van der Waals surface area contributed by atoms with E-state index in [1.54, 1.807) is 11.0 Å². The first-order valence-corrected chi connectivity index (χ1v) is 9.79. The van der Waals surface area contributed by atoms with Crippen LogP contribution in [-0.2, 0) is 22.3 Å². The topological polar surface area (TPSA) is 38.8 Å². The minimum absolute atomic E-state index is 0.166. The Balaban J connectivity index is 1.56. The molecule has 2 aromatic carbocycles. The molecule has 2 unspecified atom stereocenters. The number of alkyl halides is 3. The fraction of sp³-hybridized carbons (Fsp3) is 0.348. The summed E-state index contributed by atoms with van der Waals surface area (Å²) in [5, 5.41) is 0. The Morgan fingerprint density at radius 3 is 2.60 bits per heavy atom. The van der Waals surface area contributed by atoms with Crippen LogP contribution >= 0.6 is 0 Å². The van der Waals surface area contributed by atoms with Gasteiger partial charge in [0.05, 0.1) is 30.9 Å². The lowest BCUT2D eigenvalue weighted by Crippen LogP contribution is -2.56. The number of benzene rings is 2. The normalized spacial score (nSPS) is 21.2. The highest BCUT2D eigenvalue weighted by molar-refractivity contribution is 5.76. The number of nitrogens with zero attached hydrogens (tertiary/aromatic N) is 1. The average Bonchev–Trinajstić information content (AvgIpc) is 2.71. The minimum atomic E-state index is -4.40. The fourth-order valence-electron chi connectivity index (χ4n) is 4.16. The molecule has 2 atom stereocenters. The third kappa shape index (κ3) is 4.07. The SMILES string of the molecule is Cc1c(C2=CC3COCC(C2)N3C(=O)OCc2ccccc2)cccc1C(F)(F)F. The molecule has 1 saturated heterocycles. The van der Waals surface area contributed by atoms with Crippen LogP contribution in [0, 0.1) is 6.92 Å². The maximum Gasteiger partial charge on any atom is 0.416 e. The Morgan fingerprint density at radius 1 is 1.13 bits per heavy atom. The Morgan fingerprint density at radius 2 is 1.90 bits per heavy atom. The number of hydrogen-bond acceptors (Lipinski definition) is 3. The molecule has 0 radical (unpaired) electrons. The van der Waals surface area contributed by atoms with Crippen LogP contribution in [0.5, 0.6) is 0 Å². The van der Waals surface area contributed by atoms with Gasteiger partial charge in [-0.15, -0.1) is 0 Å². The molecule has 0 aliphatic carbocycles. The second-order valence-electron chi connectivity index (χ2n) is 7.58. The van der Waals surface area contributed by atoms with Crippen LogP contribution in [0.1, 0.15) is 28.7 Å². The summed E-state index contributed by atoms with van der Waals surface area (Å²) >= 11 is 0. The molecule has 0 N–H and O–H groups in total. The van der Waals surface area contributed by atoms with Gasteiger partial charge in [-0.2, -0.15) is 13.2 Å². The zero-order valence-electron chi connectivity index (χ0n) is 16.5. The van der Waals surface area contributed by atoms with Gasteiger partial charge in [-0.1, -0.05) is 48.5 Å². The molecular weight excluding hydrogens is 395 g/mol. The number of fused-ring (bicyclic) bond motifs is 2. The Hall–Kier alpha value is -2.80. The zero-order chi connectivity index (χ0) is 21.3. The van der Waals surface area contributed by atoms with Crippen molar-refractivity contribution in [1.82, 2.24) is 4.90 Å². The first-order valence-electron chi connectivity index (χ1n) is 9.79. The van der Waals surface area contributed by atoms with Crippen LogP contribution in [0.15, 0.2) is 54.6 Å². The molecule has 0 saturated carbocycles. The number of hydrogen-bond donors (Lipinski definition) is 0. The van der Waals surface area contributed by atoms with E-state index >= 15 is 0 Å². The Bertz CT molecular complexity index is 956. The van der Waals surface area contributed by atoms with Crippen molar-refractivity contribution in [2.75, 3.05) is 13.2 Å².